The van der Waals surface area contributed by atoms with Crippen LogP contribution in [0, 0.1) is 0 Å². The third-order valence-corrected chi connectivity index (χ3v) is 3.01. The van der Waals surface area contributed by atoms with Gasteiger partial charge in [0.05, 0.1) is 0 Å². The molecular formula is C15H18ClNO. The number of nitrogens with two attached hydrogens (primary N) is 1. The summed E-state index contributed by atoms with van der Waals surface area (Å²) in [6.45, 7) is 0.445. The first kappa shape index (κ1) is 14.7. The Balaban J connectivity index is 0.00000162. The zero-order chi connectivity index (χ0) is 12.1. The van der Waals surface area contributed by atoms with E-state index in [9.17, 15) is 5.11 Å². The van der Waals surface area contributed by atoms with Crippen molar-refractivity contribution in [3.05, 3.63) is 71.8 Å². The molecule has 18 heavy (non-hydrogen) atoms. The fourth-order valence-electron chi connectivity index (χ4n) is 2.09. The highest BCUT2D eigenvalue weighted by molar-refractivity contribution is 5.85. The summed E-state index contributed by atoms with van der Waals surface area (Å²) < 4.78 is 0. The minimum absolute atomic E-state index is 0. The van der Waals surface area contributed by atoms with Crippen LogP contribution in [-0.2, 0) is 5.60 Å². The van der Waals surface area contributed by atoms with Gasteiger partial charge in [0.25, 0.3) is 0 Å². The van der Waals surface area contributed by atoms with Gasteiger partial charge in [-0.15, -0.1) is 12.4 Å². The number of aliphatic hydroxyl groups is 1. The fraction of sp³-hybridized carbons (Fsp3) is 0.200. The monoisotopic (exact) mass is 263 g/mol. The second-order valence-electron chi connectivity index (χ2n) is 4.13. The quantitative estimate of drug-likeness (QED) is 0.891. The summed E-state index contributed by atoms with van der Waals surface area (Å²) >= 11 is 0. The maximum absolute atomic E-state index is 10.9. The van der Waals surface area contributed by atoms with Gasteiger partial charge in [0.1, 0.15) is 5.60 Å². The fourth-order valence-corrected chi connectivity index (χ4v) is 2.09. The molecule has 96 valence electrons. The molecule has 0 heterocycles. The highest BCUT2D eigenvalue weighted by Gasteiger charge is 2.30. The summed E-state index contributed by atoms with van der Waals surface area (Å²) in [5.41, 5.74) is 6.41. The molecule has 0 radical (unpaired) electrons. The van der Waals surface area contributed by atoms with E-state index >= 15 is 0 Å². The maximum Gasteiger partial charge on any atom is 0.116 e. The van der Waals surface area contributed by atoms with Crippen molar-refractivity contribution in [2.45, 2.75) is 12.0 Å². The second-order valence-corrected chi connectivity index (χ2v) is 4.13. The van der Waals surface area contributed by atoms with E-state index in [-0.39, 0.29) is 12.4 Å². The third-order valence-electron chi connectivity index (χ3n) is 3.01. The lowest BCUT2D eigenvalue weighted by molar-refractivity contribution is 0.0737. The van der Waals surface area contributed by atoms with Crippen LogP contribution in [0.3, 0.4) is 0 Å². The SMILES string of the molecule is Cl.NCCC(O)(c1ccccc1)c1ccccc1. The van der Waals surface area contributed by atoms with Crippen LogP contribution in [0.1, 0.15) is 17.5 Å². The number of hydrogen-bond donors (Lipinski definition) is 2. The molecular weight excluding hydrogens is 246 g/mol. The minimum Gasteiger partial charge on any atom is -0.380 e. The number of hydrogen-bond acceptors (Lipinski definition) is 2. The molecule has 0 aliphatic heterocycles. The average molecular weight is 264 g/mol. The van der Waals surface area contributed by atoms with Crippen molar-refractivity contribution in [3.8, 4) is 0 Å². The standard InChI is InChI=1S/C15H17NO.ClH/c16-12-11-15(17,13-7-3-1-4-8-13)14-9-5-2-6-10-14;/h1-10,17H,11-12,16H2;1H. The zero-order valence-corrected chi connectivity index (χ0v) is 10.9. The van der Waals surface area contributed by atoms with Gasteiger partial charge in [-0.1, -0.05) is 60.7 Å². The molecule has 0 aliphatic carbocycles. The van der Waals surface area contributed by atoms with Crippen molar-refractivity contribution >= 4 is 12.4 Å². The molecule has 2 aromatic carbocycles. The van der Waals surface area contributed by atoms with Gasteiger partial charge in [0.15, 0.2) is 0 Å². The third kappa shape index (κ3) is 2.91. The molecule has 2 nitrogen and oxygen atoms in total. The van der Waals surface area contributed by atoms with Crippen LogP contribution >= 0.6 is 12.4 Å². The Hall–Kier alpha value is -1.35. The molecule has 0 saturated heterocycles. The summed E-state index contributed by atoms with van der Waals surface area (Å²) in [5, 5.41) is 10.9. The number of rotatable bonds is 4. The van der Waals surface area contributed by atoms with Crippen LogP contribution in [0.15, 0.2) is 60.7 Å². The molecule has 0 spiro atoms. The summed E-state index contributed by atoms with van der Waals surface area (Å²) in [5.74, 6) is 0. The number of halogens is 1. The molecule has 0 atom stereocenters. The summed E-state index contributed by atoms with van der Waals surface area (Å²) in [4.78, 5) is 0. The van der Waals surface area contributed by atoms with E-state index in [0.29, 0.717) is 13.0 Å². The predicted molar refractivity (Wildman–Crippen MR) is 76.8 cm³/mol. The van der Waals surface area contributed by atoms with E-state index in [4.69, 9.17) is 5.73 Å². The van der Waals surface area contributed by atoms with Crippen LogP contribution in [0.2, 0.25) is 0 Å². The van der Waals surface area contributed by atoms with Crippen molar-refractivity contribution in [1.82, 2.24) is 0 Å². The second kappa shape index (κ2) is 6.55. The first-order valence-corrected chi connectivity index (χ1v) is 5.81. The van der Waals surface area contributed by atoms with Crippen molar-refractivity contribution in [2.75, 3.05) is 6.54 Å². The topological polar surface area (TPSA) is 46.2 Å². The van der Waals surface area contributed by atoms with Gasteiger partial charge >= 0.3 is 0 Å². The van der Waals surface area contributed by atoms with E-state index in [1.165, 1.54) is 0 Å². The van der Waals surface area contributed by atoms with Crippen molar-refractivity contribution < 1.29 is 5.11 Å². The zero-order valence-electron chi connectivity index (χ0n) is 10.1. The van der Waals surface area contributed by atoms with Gasteiger partial charge in [0.2, 0.25) is 0 Å². The lowest BCUT2D eigenvalue weighted by Gasteiger charge is -2.29. The van der Waals surface area contributed by atoms with Gasteiger partial charge in [0, 0.05) is 0 Å². The lowest BCUT2D eigenvalue weighted by Crippen LogP contribution is -2.30. The van der Waals surface area contributed by atoms with Crippen LogP contribution in [-0.4, -0.2) is 11.7 Å². The molecule has 0 unspecified atom stereocenters. The van der Waals surface area contributed by atoms with E-state index in [2.05, 4.69) is 0 Å². The largest absolute Gasteiger partial charge is 0.380 e. The van der Waals surface area contributed by atoms with Gasteiger partial charge < -0.3 is 10.8 Å². The van der Waals surface area contributed by atoms with Crippen LogP contribution in [0.25, 0.3) is 0 Å². The molecule has 3 heteroatoms. The van der Waals surface area contributed by atoms with E-state index < -0.39 is 5.60 Å². The molecule has 2 aromatic rings. The Kier molecular flexibility index (Phi) is 5.35. The van der Waals surface area contributed by atoms with Gasteiger partial charge in [-0.05, 0) is 24.1 Å². The lowest BCUT2D eigenvalue weighted by atomic mass is 9.84. The Morgan fingerprint density at radius 1 is 0.833 bits per heavy atom. The molecule has 0 fully saturated rings. The van der Waals surface area contributed by atoms with Crippen molar-refractivity contribution in [1.29, 1.82) is 0 Å². The summed E-state index contributed by atoms with van der Waals surface area (Å²) in [6.07, 6.45) is 0.515. The molecule has 3 N–H and O–H groups in total. The van der Waals surface area contributed by atoms with Crippen molar-refractivity contribution in [3.63, 3.8) is 0 Å². The average Bonchev–Trinajstić information content (AvgIpc) is 2.41. The maximum atomic E-state index is 10.9. The molecule has 2 rings (SSSR count). The molecule has 0 aliphatic rings. The normalized spacial score (nSPS) is 10.8. The predicted octanol–water partition coefficient (Wildman–Crippen LogP) is 2.69. The smallest absolute Gasteiger partial charge is 0.116 e. The van der Waals surface area contributed by atoms with Crippen LogP contribution in [0.4, 0.5) is 0 Å². The van der Waals surface area contributed by atoms with Gasteiger partial charge in [-0.25, -0.2) is 0 Å². The molecule has 0 amide bonds. The Morgan fingerprint density at radius 2 is 1.22 bits per heavy atom. The Bertz CT molecular complexity index is 419. The summed E-state index contributed by atoms with van der Waals surface area (Å²) in [6, 6.07) is 19.3. The highest BCUT2D eigenvalue weighted by atomic mass is 35.5. The summed E-state index contributed by atoms with van der Waals surface area (Å²) in [7, 11) is 0. The van der Waals surface area contributed by atoms with Gasteiger partial charge in [-0.2, -0.15) is 0 Å². The van der Waals surface area contributed by atoms with Crippen LogP contribution in [0.5, 0.6) is 0 Å². The van der Waals surface area contributed by atoms with E-state index in [1.807, 2.05) is 60.7 Å². The Morgan fingerprint density at radius 3 is 1.56 bits per heavy atom. The molecule has 0 bridgehead atoms. The van der Waals surface area contributed by atoms with Gasteiger partial charge in [-0.3, -0.25) is 0 Å². The van der Waals surface area contributed by atoms with Crippen molar-refractivity contribution in [2.24, 2.45) is 5.73 Å². The molecule has 0 aromatic heterocycles. The molecule has 0 saturated carbocycles. The number of benzene rings is 2. The van der Waals surface area contributed by atoms with Crippen LogP contribution < -0.4 is 5.73 Å². The van der Waals surface area contributed by atoms with E-state index in [1.54, 1.807) is 0 Å². The Labute approximate surface area is 114 Å². The first-order valence-electron chi connectivity index (χ1n) is 5.81. The van der Waals surface area contributed by atoms with E-state index in [0.717, 1.165) is 11.1 Å². The highest BCUT2D eigenvalue weighted by Crippen LogP contribution is 2.32. The first-order chi connectivity index (χ1) is 8.27. The minimum atomic E-state index is -0.989.